The molecule has 0 bridgehead atoms. The number of allylic oxidation sites excluding steroid dienone is 4. The molecule has 0 N–H and O–H groups in total. The van der Waals surface area contributed by atoms with Gasteiger partial charge in [-0.15, -0.1) is 0 Å². The maximum absolute atomic E-state index is 9.80. The molecule has 0 atom stereocenters. The van der Waals surface area contributed by atoms with E-state index >= 15 is 0 Å². The Balaban J connectivity index is 3.74. The van der Waals surface area contributed by atoms with Gasteiger partial charge >= 0.3 is 0 Å². The van der Waals surface area contributed by atoms with Gasteiger partial charge < -0.3 is 0 Å². The highest BCUT2D eigenvalue weighted by molar-refractivity contribution is 5.65. The average molecular weight is 124 g/mol. The van der Waals surface area contributed by atoms with Crippen LogP contribution in [0.3, 0.4) is 0 Å². The summed E-state index contributed by atoms with van der Waals surface area (Å²) in [4.78, 5) is 9.80. The summed E-state index contributed by atoms with van der Waals surface area (Å²) in [5.41, 5.74) is 1.14. The highest BCUT2D eigenvalue weighted by atomic mass is 16.1. The van der Waals surface area contributed by atoms with E-state index < -0.39 is 0 Å². The second kappa shape index (κ2) is 5.29. The lowest BCUT2D eigenvalue weighted by molar-refractivity contribution is -0.104. The number of hydrogen-bond donors (Lipinski definition) is 0. The van der Waals surface area contributed by atoms with Crippen LogP contribution in [0.25, 0.3) is 0 Å². The maximum atomic E-state index is 9.80. The minimum Gasteiger partial charge on any atom is -0.299 e. The Bertz CT molecular complexity index is 132. The van der Waals surface area contributed by atoms with Crippen LogP contribution in [0.15, 0.2) is 23.8 Å². The molecule has 0 aliphatic rings. The lowest BCUT2D eigenvalue weighted by atomic mass is 10.2. The minimum atomic E-state index is 0.785. The van der Waals surface area contributed by atoms with E-state index in [1.165, 1.54) is 6.08 Å². The van der Waals surface area contributed by atoms with Crippen molar-refractivity contribution in [3.8, 4) is 0 Å². The van der Waals surface area contributed by atoms with Gasteiger partial charge in [-0.25, -0.2) is 0 Å². The third-order valence-electron chi connectivity index (χ3n) is 0.964. The van der Waals surface area contributed by atoms with Gasteiger partial charge in [-0.05, 0) is 19.4 Å². The molecule has 0 amide bonds. The predicted octanol–water partition coefficient (Wildman–Crippen LogP) is 2.10. The van der Waals surface area contributed by atoms with Crippen molar-refractivity contribution < 1.29 is 4.79 Å². The Morgan fingerprint density at radius 3 is 2.67 bits per heavy atom. The van der Waals surface area contributed by atoms with E-state index in [-0.39, 0.29) is 0 Å². The molecular weight excluding hydrogens is 112 g/mol. The first-order chi connectivity index (χ1) is 4.31. The van der Waals surface area contributed by atoms with Crippen molar-refractivity contribution in [1.29, 1.82) is 0 Å². The molecule has 0 spiro atoms. The second-order valence-corrected chi connectivity index (χ2v) is 1.85. The van der Waals surface area contributed by atoms with E-state index in [1.54, 1.807) is 6.08 Å². The van der Waals surface area contributed by atoms with Crippen LogP contribution in [0.1, 0.15) is 20.3 Å². The van der Waals surface area contributed by atoms with Gasteiger partial charge in [-0.1, -0.05) is 24.6 Å². The summed E-state index contributed by atoms with van der Waals surface area (Å²) in [5.74, 6) is 0. The van der Waals surface area contributed by atoms with Crippen LogP contribution in [0.5, 0.6) is 0 Å². The first-order valence-corrected chi connectivity index (χ1v) is 3.10. The lowest BCUT2D eigenvalue weighted by Gasteiger charge is -1.85. The smallest absolute Gasteiger partial charge is 0.142 e. The molecule has 0 aromatic carbocycles. The minimum absolute atomic E-state index is 0.785. The Labute approximate surface area is 56.1 Å². The normalized spacial score (nSPS) is 12.4. The van der Waals surface area contributed by atoms with Crippen molar-refractivity contribution in [2.75, 3.05) is 0 Å². The van der Waals surface area contributed by atoms with Crippen molar-refractivity contribution >= 4 is 6.29 Å². The molecule has 0 heterocycles. The van der Waals surface area contributed by atoms with E-state index in [4.69, 9.17) is 0 Å². The molecule has 0 fully saturated rings. The van der Waals surface area contributed by atoms with E-state index in [0.29, 0.717) is 0 Å². The fourth-order valence-corrected chi connectivity index (χ4v) is 0.581. The monoisotopic (exact) mass is 124 g/mol. The Hall–Kier alpha value is -0.850. The number of carbonyl (C=O) groups excluding carboxylic acids is 1. The average Bonchev–Trinajstić information content (AvgIpc) is 1.85. The van der Waals surface area contributed by atoms with Gasteiger partial charge in [0.05, 0.1) is 0 Å². The molecule has 9 heavy (non-hydrogen) atoms. The topological polar surface area (TPSA) is 17.1 Å². The quantitative estimate of drug-likeness (QED) is 0.320. The summed E-state index contributed by atoms with van der Waals surface area (Å²) in [7, 11) is 0. The van der Waals surface area contributed by atoms with E-state index in [0.717, 1.165) is 18.3 Å². The highest BCUT2D eigenvalue weighted by Crippen LogP contribution is 1.94. The number of rotatable bonds is 3. The first kappa shape index (κ1) is 8.15. The van der Waals surface area contributed by atoms with Gasteiger partial charge in [0.2, 0.25) is 0 Å². The summed E-state index contributed by atoms with van der Waals surface area (Å²) in [6.07, 6.45) is 7.18. The zero-order valence-corrected chi connectivity index (χ0v) is 5.92. The molecular formula is C8H12O. The molecule has 1 heteroatoms. The summed E-state index contributed by atoms with van der Waals surface area (Å²) in [6, 6.07) is 0. The zero-order chi connectivity index (χ0) is 7.11. The van der Waals surface area contributed by atoms with Crippen LogP contribution in [-0.2, 0) is 4.79 Å². The molecule has 0 rings (SSSR count). The van der Waals surface area contributed by atoms with Crippen LogP contribution < -0.4 is 0 Å². The first-order valence-electron chi connectivity index (χ1n) is 3.10. The standard InChI is InChI=1S/C8H12O/c1-3-5-8(2)6-4-7-9/h4-7H,3H2,1-2H3/b6-4+,8-5?. The molecule has 0 radical (unpaired) electrons. The number of hydrogen-bond acceptors (Lipinski definition) is 1. The fraction of sp³-hybridized carbons (Fsp3) is 0.375. The van der Waals surface area contributed by atoms with Gasteiger partial charge in [0.25, 0.3) is 0 Å². The number of aldehydes is 1. The van der Waals surface area contributed by atoms with Crippen LogP contribution >= 0.6 is 0 Å². The third kappa shape index (κ3) is 5.01. The summed E-state index contributed by atoms with van der Waals surface area (Å²) in [5, 5.41) is 0. The van der Waals surface area contributed by atoms with E-state index in [2.05, 4.69) is 13.0 Å². The Kier molecular flexibility index (Phi) is 4.79. The number of carbonyl (C=O) groups is 1. The molecule has 0 aromatic heterocycles. The lowest BCUT2D eigenvalue weighted by Crippen LogP contribution is -1.67. The molecule has 0 aromatic rings. The zero-order valence-electron chi connectivity index (χ0n) is 5.92. The largest absolute Gasteiger partial charge is 0.299 e. The van der Waals surface area contributed by atoms with Crippen molar-refractivity contribution in [2.45, 2.75) is 20.3 Å². The van der Waals surface area contributed by atoms with Crippen molar-refractivity contribution in [3.05, 3.63) is 23.8 Å². The molecule has 0 saturated heterocycles. The van der Waals surface area contributed by atoms with Gasteiger partial charge in [0, 0.05) is 0 Å². The van der Waals surface area contributed by atoms with Crippen LogP contribution in [-0.4, -0.2) is 6.29 Å². The van der Waals surface area contributed by atoms with Gasteiger partial charge in [-0.3, -0.25) is 4.79 Å². The molecule has 50 valence electrons. The van der Waals surface area contributed by atoms with Crippen molar-refractivity contribution in [3.63, 3.8) is 0 Å². The van der Waals surface area contributed by atoms with E-state index in [1.807, 2.05) is 6.92 Å². The third-order valence-corrected chi connectivity index (χ3v) is 0.964. The van der Waals surface area contributed by atoms with Crippen LogP contribution in [0.4, 0.5) is 0 Å². The molecule has 1 nitrogen and oxygen atoms in total. The Morgan fingerprint density at radius 2 is 2.22 bits per heavy atom. The maximum Gasteiger partial charge on any atom is 0.142 e. The van der Waals surface area contributed by atoms with E-state index in [9.17, 15) is 4.79 Å². The predicted molar refractivity (Wildman–Crippen MR) is 39.3 cm³/mol. The summed E-state index contributed by atoms with van der Waals surface area (Å²) < 4.78 is 0. The summed E-state index contributed by atoms with van der Waals surface area (Å²) >= 11 is 0. The van der Waals surface area contributed by atoms with Gasteiger partial charge in [-0.2, -0.15) is 0 Å². The van der Waals surface area contributed by atoms with Gasteiger partial charge in [0.1, 0.15) is 6.29 Å². The van der Waals surface area contributed by atoms with Gasteiger partial charge in [0.15, 0.2) is 0 Å². The fourth-order valence-electron chi connectivity index (χ4n) is 0.581. The second-order valence-electron chi connectivity index (χ2n) is 1.85. The molecule has 0 unspecified atom stereocenters. The van der Waals surface area contributed by atoms with Crippen molar-refractivity contribution in [2.24, 2.45) is 0 Å². The highest BCUT2D eigenvalue weighted by Gasteiger charge is 1.75. The summed E-state index contributed by atoms with van der Waals surface area (Å²) in [6.45, 7) is 4.04. The van der Waals surface area contributed by atoms with Crippen LogP contribution in [0.2, 0.25) is 0 Å². The van der Waals surface area contributed by atoms with Crippen LogP contribution in [0, 0.1) is 0 Å². The molecule has 0 aliphatic carbocycles. The molecule has 0 aliphatic heterocycles. The Morgan fingerprint density at radius 1 is 1.56 bits per heavy atom. The SMILES string of the molecule is CCC=C(C)/C=C/C=O. The molecule has 0 saturated carbocycles. The van der Waals surface area contributed by atoms with Crippen molar-refractivity contribution in [1.82, 2.24) is 0 Å².